The minimum Gasteiger partial charge on any atom is -0.445 e. The zero-order valence-electron chi connectivity index (χ0n) is 17.0. The van der Waals surface area contributed by atoms with Gasteiger partial charge in [0.15, 0.2) is 6.29 Å². The van der Waals surface area contributed by atoms with E-state index in [0.29, 0.717) is 11.4 Å². The van der Waals surface area contributed by atoms with Crippen molar-refractivity contribution in [2.45, 2.75) is 19.3 Å². The van der Waals surface area contributed by atoms with E-state index in [9.17, 15) is 9.59 Å². The topological polar surface area (TPSA) is 86.3 Å². The van der Waals surface area contributed by atoms with Gasteiger partial charge in [0, 0.05) is 31.7 Å². The summed E-state index contributed by atoms with van der Waals surface area (Å²) in [5.74, 6) is 0.431. The van der Waals surface area contributed by atoms with Gasteiger partial charge in [-0.25, -0.2) is 9.59 Å². The number of amides is 2. The second kappa shape index (κ2) is 12.0. The summed E-state index contributed by atoms with van der Waals surface area (Å²) in [6.45, 7) is 1.80. The predicted octanol–water partition coefficient (Wildman–Crippen LogP) is 4.49. The SMILES string of the molecule is COC(CN(C(=O)Oc1cccc(NC(=O)OC(C)CCl)c1)c1ccccc1)OC. The summed E-state index contributed by atoms with van der Waals surface area (Å²) in [7, 11) is 2.98. The lowest BCUT2D eigenvalue weighted by Crippen LogP contribution is -2.40. The molecular weight excluding hydrogens is 412 g/mol. The van der Waals surface area contributed by atoms with Crippen molar-refractivity contribution in [3.8, 4) is 5.75 Å². The van der Waals surface area contributed by atoms with Crippen LogP contribution in [0.2, 0.25) is 0 Å². The Kier molecular flexibility index (Phi) is 9.40. The molecule has 8 nitrogen and oxygen atoms in total. The highest BCUT2D eigenvalue weighted by molar-refractivity contribution is 6.18. The first-order chi connectivity index (χ1) is 14.5. The molecule has 2 amide bonds. The fourth-order valence-corrected chi connectivity index (χ4v) is 2.51. The Morgan fingerprint density at radius 2 is 1.77 bits per heavy atom. The van der Waals surface area contributed by atoms with Crippen LogP contribution in [0.4, 0.5) is 21.0 Å². The van der Waals surface area contributed by atoms with Crippen molar-refractivity contribution in [1.29, 1.82) is 0 Å². The van der Waals surface area contributed by atoms with Crippen LogP contribution in [0.1, 0.15) is 6.92 Å². The van der Waals surface area contributed by atoms with E-state index in [4.69, 9.17) is 30.5 Å². The molecule has 0 radical (unpaired) electrons. The number of rotatable bonds is 9. The van der Waals surface area contributed by atoms with E-state index in [1.807, 2.05) is 18.2 Å². The molecule has 0 heterocycles. The molecule has 0 spiro atoms. The Hall–Kier alpha value is -2.81. The molecule has 0 saturated carbocycles. The number of alkyl halides is 1. The largest absolute Gasteiger partial charge is 0.445 e. The van der Waals surface area contributed by atoms with Gasteiger partial charge in [-0.2, -0.15) is 0 Å². The van der Waals surface area contributed by atoms with Crippen LogP contribution < -0.4 is 15.0 Å². The van der Waals surface area contributed by atoms with E-state index in [2.05, 4.69) is 5.32 Å². The summed E-state index contributed by atoms with van der Waals surface area (Å²) in [4.78, 5) is 26.1. The Morgan fingerprint density at radius 3 is 2.40 bits per heavy atom. The molecule has 1 unspecified atom stereocenters. The van der Waals surface area contributed by atoms with Gasteiger partial charge in [0.1, 0.15) is 11.9 Å². The molecule has 0 aliphatic carbocycles. The van der Waals surface area contributed by atoms with Crippen molar-refractivity contribution in [1.82, 2.24) is 0 Å². The van der Waals surface area contributed by atoms with E-state index in [1.54, 1.807) is 37.3 Å². The van der Waals surface area contributed by atoms with Crippen LogP contribution in [0.15, 0.2) is 54.6 Å². The van der Waals surface area contributed by atoms with E-state index >= 15 is 0 Å². The number of benzene rings is 2. The first kappa shape index (κ1) is 23.5. The number of carbonyl (C=O) groups is 2. The number of hydrogen-bond donors (Lipinski definition) is 1. The summed E-state index contributed by atoms with van der Waals surface area (Å²) >= 11 is 5.63. The van der Waals surface area contributed by atoms with Crippen LogP contribution in [0.5, 0.6) is 5.75 Å². The van der Waals surface area contributed by atoms with E-state index in [1.165, 1.54) is 25.2 Å². The zero-order valence-corrected chi connectivity index (χ0v) is 17.8. The van der Waals surface area contributed by atoms with Crippen molar-refractivity contribution in [3.05, 3.63) is 54.6 Å². The third-order valence-corrected chi connectivity index (χ3v) is 4.39. The maximum Gasteiger partial charge on any atom is 0.419 e. The van der Waals surface area contributed by atoms with Crippen molar-refractivity contribution in [2.24, 2.45) is 0 Å². The highest BCUT2D eigenvalue weighted by Crippen LogP contribution is 2.21. The van der Waals surface area contributed by atoms with Crippen LogP contribution in [-0.4, -0.2) is 51.2 Å². The van der Waals surface area contributed by atoms with Gasteiger partial charge in [0.25, 0.3) is 0 Å². The molecule has 9 heteroatoms. The number of nitrogens with zero attached hydrogens (tertiary/aromatic N) is 1. The van der Waals surface area contributed by atoms with Crippen molar-refractivity contribution >= 4 is 35.2 Å². The number of halogens is 1. The van der Waals surface area contributed by atoms with Gasteiger partial charge in [-0.05, 0) is 31.2 Å². The molecule has 0 fully saturated rings. The van der Waals surface area contributed by atoms with Crippen molar-refractivity contribution in [2.75, 3.05) is 36.9 Å². The average molecular weight is 437 g/mol. The van der Waals surface area contributed by atoms with Gasteiger partial charge >= 0.3 is 12.2 Å². The summed E-state index contributed by atoms with van der Waals surface area (Å²) in [5, 5.41) is 2.57. The highest BCUT2D eigenvalue weighted by atomic mass is 35.5. The molecule has 1 N–H and O–H groups in total. The van der Waals surface area contributed by atoms with Gasteiger partial charge in [0.2, 0.25) is 0 Å². The number of para-hydroxylation sites is 1. The fraction of sp³-hybridized carbons (Fsp3) is 0.333. The van der Waals surface area contributed by atoms with Gasteiger partial charge in [-0.15, -0.1) is 11.6 Å². The Morgan fingerprint density at radius 1 is 1.07 bits per heavy atom. The minimum atomic E-state index is -0.652. The van der Waals surface area contributed by atoms with Crippen LogP contribution in [-0.2, 0) is 14.2 Å². The van der Waals surface area contributed by atoms with Crippen LogP contribution >= 0.6 is 11.6 Å². The summed E-state index contributed by atoms with van der Waals surface area (Å²) in [6.07, 6.45) is -2.34. The molecule has 30 heavy (non-hydrogen) atoms. The first-order valence-corrected chi connectivity index (χ1v) is 9.74. The number of methoxy groups -OCH3 is 2. The van der Waals surface area contributed by atoms with Gasteiger partial charge in [0.05, 0.1) is 12.4 Å². The maximum atomic E-state index is 12.9. The quantitative estimate of drug-likeness (QED) is 0.460. The molecule has 2 rings (SSSR count). The van der Waals surface area contributed by atoms with Gasteiger partial charge in [-0.3, -0.25) is 10.2 Å². The lowest BCUT2D eigenvalue weighted by molar-refractivity contribution is -0.0943. The second-order valence-corrected chi connectivity index (χ2v) is 6.55. The number of ether oxygens (including phenoxy) is 4. The number of anilines is 2. The third-order valence-electron chi connectivity index (χ3n) is 3.96. The second-order valence-electron chi connectivity index (χ2n) is 6.24. The van der Waals surface area contributed by atoms with Gasteiger partial charge in [-0.1, -0.05) is 24.3 Å². The predicted molar refractivity (Wildman–Crippen MR) is 114 cm³/mol. The van der Waals surface area contributed by atoms with Gasteiger partial charge < -0.3 is 18.9 Å². The molecular formula is C21H25ClN2O6. The molecule has 2 aromatic carbocycles. The Balaban J connectivity index is 2.12. The zero-order chi connectivity index (χ0) is 21.9. The number of nitrogens with one attached hydrogen (secondary N) is 1. The lowest BCUT2D eigenvalue weighted by Gasteiger charge is -2.25. The van der Waals surface area contributed by atoms with Crippen LogP contribution in [0.3, 0.4) is 0 Å². The highest BCUT2D eigenvalue weighted by Gasteiger charge is 2.22. The third kappa shape index (κ3) is 7.22. The standard InChI is InChI=1S/C21H25ClN2O6/c1-15(13-22)29-20(25)23-16-8-7-11-18(12-16)30-21(26)24(14-19(27-2)28-3)17-9-5-4-6-10-17/h4-12,15,19H,13-14H2,1-3H3,(H,23,25). The summed E-state index contributed by atoms with van der Waals surface area (Å²) < 4.78 is 21.0. The molecule has 2 aromatic rings. The number of hydrogen-bond acceptors (Lipinski definition) is 6. The summed E-state index contributed by atoms with van der Waals surface area (Å²) in [5.41, 5.74) is 1.03. The van der Waals surface area contributed by atoms with E-state index in [0.717, 1.165) is 0 Å². The Labute approximate surface area is 180 Å². The molecule has 162 valence electrons. The molecule has 1 atom stereocenters. The molecule has 0 bridgehead atoms. The van der Waals surface area contributed by atoms with E-state index in [-0.39, 0.29) is 18.2 Å². The normalized spacial score (nSPS) is 11.6. The number of carbonyl (C=O) groups excluding carboxylic acids is 2. The van der Waals surface area contributed by atoms with Crippen molar-refractivity contribution < 1.29 is 28.5 Å². The first-order valence-electron chi connectivity index (χ1n) is 9.20. The van der Waals surface area contributed by atoms with Crippen LogP contribution in [0.25, 0.3) is 0 Å². The van der Waals surface area contributed by atoms with E-state index < -0.39 is 24.6 Å². The summed E-state index contributed by atoms with van der Waals surface area (Å²) in [6, 6.07) is 15.4. The molecule has 0 aliphatic heterocycles. The molecule has 0 aliphatic rings. The molecule has 0 saturated heterocycles. The smallest absolute Gasteiger partial charge is 0.419 e. The fourth-order valence-electron chi connectivity index (χ4n) is 2.44. The lowest BCUT2D eigenvalue weighted by atomic mass is 10.3. The average Bonchev–Trinajstić information content (AvgIpc) is 2.75. The van der Waals surface area contributed by atoms with Crippen molar-refractivity contribution in [3.63, 3.8) is 0 Å². The monoisotopic (exact) mass is 436 g/mol. The van der Waals surface area contributed by atoms with Crippen LogP contribution in [0, 0.1) is 0 Å². The Bertz CT molecular complexity index is 816. The maximum absolute atomic E-state index is 12.9. The minimum absolute atomic E-state index is 0.121. The molecule has 0 aromatic heterocycles.